The topological polar surface area (TPSA) is 69.6 Å². The van der Waals surface area contributed by atoms with Crippen LogP contribution in [0.3, 0.4) is 0 Å². The highest BCUT2D eigenvalue weighted by Gasteiger charge is 2.22. The smallest absolute Gasteiger partial charge is 0.407 e. The Morgan fingerprint density at radius 2 is 1.96 bits per heavy atom. The number of hydrogen-bond acceptors (Lipinski definition) is 4. The number of benzene rings is 1. The molecule has 1 aromatic heterocycles. The number of carbonyl (C=O) groups excluding carboxylic acids is 2. The van der Waals surface area contributed by atoms with Crippen LogP contribution >= 0.6 is 15.9 Å². The predicted molar refractivity (Wildman–Crippen MR) is 105 cm³/mol. The molecule has 0 radical (unpaired) electrons. The third kappa shape index (κ3) is 5.00. The van der Waals surface area contributed by atoms with Crippen LogP contribution in [0, 0.1) is 0 Å². The molecule has 142 valence electrons. The second kappa shape index (κ2) is 8.12. The van der Waals surface area contributed by atoms with Crippen LogP contribution in [-0.4, -0.2) is 35.4 Å². The van der Waals surface area contributed by atoms with Crippen LogP contribution in [-0.2, 0) is 9.47 Å². The first-order valence-electron chi connectivity index (χ1n) is 8.57. The summed E-state index contributed by atoms with van der Waals surface area (Å²) in [4.78, 5) is 24.3. The summed E-state index contributed by atoms with van der Waals surface area (Å²) < 4.78 is 13.3. The Kier molecular flexibility index (Phi) is 6.34. The van der Waals surface area contributed by atoms with Gasteiger partial charge in [0.05, 0.1) is 12.1 Å². The molecule has 0 aliphatic rings. The molecule has 26 heavy (non-hydrogen) atoms. The molecule has 1 N–H and O–H groups in total. The van der Waals surface area contributed by atoms with E-state index in [9.17, 15) is 9.59 Å². The van der Waals surface area contributed by atoms with Crippen LogP contribution < -0.4 is 5.32 Å². The Bertz CT molecular complexity index is 808. The Morgan fingerprint density at radius 1 is 1.27 bits per heavy atom. The molecule has 0 saturated carbocycles. The second-order valence-electron chi connectivity index (χ2n) is 7.06. The zero-order chi connectivity index (χ0) is 19.5. The zero-order valence-electron chi connectivity index (χ0n) is 15.8. The number of esters is 1. The van der Waals surface area contributed by atoms with E-state index in [0.717, 1.165) is 15.4 Å². The van der Waals surface area contributed by atoms with Crippen molar-refractivity contribution in [3.05, 3.63) is 34.4 Å². The van der Waals surface area contributed by atoms with Crippen LogP contribution in [0.1, 0.15) is 51.1 Å². The van der Waals surface area contributed by atoms with Crippen LogP contribution in [0.2, 0.25) is 0 Å². The predicted octanol–water partition coefficient (Wildman–Crippen LogP) is 4.67. The Morgan fingerprint density at radius 3 is 2.58 bits per heavy atom. The van der Waals surface area contributed by atoms with Gasteiger partial charge in [-0.25, -0.2) is 9.59 Å². The largest absolute Gasteiger partial charge is 0.461 e. The minimum absolute atomic E-state index is 0.172. The van der Waals surface area contributed by atoms with Crippen LogP contribution in [0.4, 0.5) is 4.79 Å². The highest BCUT2D eigenvalue weighted by Crippen LogP contribution is 2.27. The third-order valence-electron chi connectivity index (χ3n) is 3.67. The minimum Gasteiger partial charge on any atom is -0.461 e. The van der Waals surface area contributed by atoms with E-state index in [1.165, 1.54) is 0 Å². The number of halogens is 1. The molecule has 0 fully saturated rings. The summed E-state index contributed by atoms with van der Waals surface area (Å²) in [5, 5.41) is 3.69. The molecular weight excluding hydrogens is 400 g/mol. The summed E-state index contributed by atoms with van der Waals surface area (Å²) in [6, 6.07) is 7.44. The van der Waals surface area contributed by atoms with Gasteiger partial charge in [0.1, 0.15) is 11.3 Å². The first-order valence-corrected chi connectivity index (χ1v) is 9.36. The van der Waals surface area contributed by atoms with E-state index in [1.54, 1.807) is 6.92 Å². The van der Waals surface area contributed by atoms with Crippen LogP contribution in [0.25, 0.3) is 10.9 Å². The lowest BCUT2D eigenvalue weighted by atomic mass is 10.2. The van der Waals surface area contributed by atoms with E-state index in [-0.39, 0.29) is 12.0 Å². The van der Waals surface area contributed by atoms with Gasteiger partial charge in [0.25, 0.3) is 0 Å². The number of hydrogen-bond donors (Lipinski definition) is 1. The highest BCUT2D eigenvalue weighted by atomic mass is 79.9. The molecule has 0 aliphatic heterocycles. The lowest BCUT2D eigenvalue weighted by molar-refractivity contribution is 0.0512. The van der Waals surface area contributed by atoms with Gasteiger partial charge in [-0.2, -0.15) is 0 Å². The monoisotopic (exact) mass is 424 g/mol. The molecule has 2 rings (SSSR count). The molecule has 1 aromatic carbocycles. The molecule has 6 nitrogen and oxygen atoms in total. The normalized spacial score (nSPS) is 12.7. The van der Waals surface area contributed by atoms with E-state index in [2.05, 4.69) is 21.2 Å². The van der Waals surface area contributed by atoms with Gasteiger partial charge in [0.15, 0.2) is 0 Å². The third-order valence-corrected chi connectivity index (χ3v) is 4.16. The van der Waals surface area contributed by atoms with Gasteiger partial charge >= 0.3 is 12.1 Å². The SMILES string of the molecule is CCOC(=O)c1cc2ccc(Br)cc2n1[C@H](C)CNC(=O)OC(C)(C)C. The molecule has 0 spiro atoms. The summed E-state index contributed by atoms with van der Waals surface area (Å²) in [6.07, 6.45) is -0.486. The summed E-state index contributed by atoms with van der Waals surface area (Å²) in [5.41, 5.74) is 0.786. The fourth-order valence-electron chi connectivity index (χ4n) is 2.67. The molecule has 1 atom stereocenters. The van der Waals surface area contributed by atoms with Crippen molar-refractivity contribution in [3.63, 3.8) is 0 Å². The van der Waals surface area contributed by atoms with E-state index in [0.29, 0.717) is 18.8 Å². The zero-order valence-corrected chi connectivity index (χ0v) is 17.3. The van der Waals surface area contributed by atoms with E-state index in [4.69, 9.17) is 9.47 Å². The quantitative estimate of drug-likeness (QED) is 0.708. The standard InChI is InChI=1S/C19H25BrN2O4/c1-6-25-17(23)16-9-13-7-8-14(20)10-15(13)22(16)12(2)11-21-18(24)26-19(3,4)5/h7-10,12H,6,11H2,1-5H3,(H,21,24)/t12-/m1/s1. The van der Waals surface area contributed by atoms with Crippen molar-refractivity contribution in [1.29, 1.82) is 0 Å². The van der Waals surface area contributed by atoms with Gasteiger partial charge in [-0.15, -0.1) is 0 Å². The van der Waals surface area contributed by atoms with Gasteiger partial charge in [0.2, 0.25) is 0 Å². The number of aromatic nitrogens is 1. The van der Waals surface area contributed by atoms with E-state index in [1.807, 2.05) is 56.5 Å². The van der Waals surface area contributed by atoms with Gasteiger partial charge in [0, 0.05) is 22.4 Å². The highest BCUT2D eigenvalue weighted by molar-refractivity contribution is 9.10. The van der Waals surface area contributed by atoms with Crippen molar-refractivity contribution < 1.29 is 19.1 Å². The number of alkyl carbamates (subject to hydrolysis) is 1. The lowest BCUT2D eigenvalue weighted by Crippen LogP contribution is -2.35. The van der Waals surface area contributed by atoms with Crippen molar-refractivity contribution in [1.82, 2.24) is 9.88 Å². The van der Waals surface area contributed by atoms with E-state index >= 15 is 0 Å². The Balaban J connectivity index is 2.30. The fraction of sp³-hybridized carbons (Fsp3) is 0.474. The maximum absolute atomic E-state index is 12.4. The average molecular weight is 425 g/mol. The van der Waals surface area contributed by atoms with Crippen molar-refractivity contribution in [2.45, 2.75) is 46.3 Å². The lowest BCUT2D eigenvalue weighted by Gasteiger charge is -2.22. The van der Waals surface area contributed by atoms with Crippen molar-refractivity contribution >= 4 is 38.9 Å². The van der Waals surface area contributed by atoms with Gasteiger partial charge in [-0.05, 0) is 52.8 Å². The number of nitrogens with zero attached hydrogens (tertiary/aromatic N) is 1. The molecule has 0 bridgehead atoms. The number of ether oxygens (including phenoxy) is 2. The van der Waals surface area contributed by atoms with Gasteiger partial charge in [-0.1, -0.05) is 22.0 Å². The average Bonchev–Trinajstić information content (AvgIpc) is 2.90. The Hall–Kier alpha value is -2.02. The molecule has 1 amide bonds. The number of fused-ring (bicyclic) bond motifs is 1. The molecule has 0 aliphatic carbocycles. The van der Waals surface area contributed by atoms with Gasteiger partial charge in [-0.3, -0.25) is 0 Å². The fourth-order valence-corrected chi connectivity index (χ4v) is 3.02. The summed E-state index contributed by atoms with van der Waals surface area (Å²) >= 11 is 3.47. The molecule has 7 heteroatoms. The number of rotatable bonds is 5. The summed E-state index contributed by atoms with van der Waals surface area (Å²) in [7, 11) is 0. The molecule has 1 heterocycles. The van der Waals surface area contributed by atoms with Crippen LogP contribution in [0.5, 0.6) is 0 Å². The first kappa shape index (κ1) is 20.3. The minimum atomic E-state index is -0.561. The summed E-state index contributed by atoms with van der Waals surface area (Å²) in [5.74, 6) is -0.385. The number of nitrogens with one attached hydrogen (secondary N) is 1. The van der Waals surface area contributed by atoms with Crippen molar-refractivity contribution in [2.24, 2.45) is 0 Å². The molecular formula is C19H25BrN2O4. The summed E-state index contributed by atoms with van der Waals surface area (Å²) in [6.45, 7) is 9.76. The maximum Gasteiger partial charge on any atom is 0.407 e. The molecule has 2 aromatic rings. The van der Waals surface area contributed by atoms with Gasteiger partial charge < -0.3 is 19.4 Å². The number of carbonyl (C=O) groups is 2. The van der Waals surface area contributed by atoms with Crippen LogP contribution in [0.15, 0.2) is 28.7 Å². The second-order valence-corrected chi connectivity index (χ2v) is 7.97. The maximum atomic E-state index is 12.4. The molecule has 0 saturated heterocycles. The first-order chi connectivity index (χ1) is 12.1. The van der Waals surface area contributed by atoms with E-state index < -0.39 is 11.7 Å². The van der Waals surface area contributed by atoms with Crippen molar-refractivity contribution in [3.8, 4) is 0 Å². The molecule has 0 unspecified atom stereocenters. The number of amides is 1. The Labute approximate surface area is 162 Å². The van der Waals surface area contributed by atoms with Crippen molar-refractivity contribution in [2.75, 3.05) is 13.2 Å².